The van der Waals surface area contributed by atoms with Gasteiger partial charge in [-0.3, -0.25) is 9.59 Å². The Bertz CT molecular complexity index is 1200. The van der Waals surface area contributed by atoms with Gasteiger partial charge in [0.2, 0.25) is 5.91 Å². The fourth-order valence-corrected chi connectivity index (χ4v) is 5.05. The number of esters is 1. The smallest absolute Gasteiger partial charge is 0.338 e. The van der Waals surface area contributed by atoms with Crippen LogP contribution in [-0.2, 0) is 28.9 Å². The average Bonchev–Trinajstić information content (AvgIpc) is 3.12. The average molecular weight is 441 g/mol. The normalized spacial score (nSPS) is 15.5. The molecule has 1 aromatic carbocycles. The first-order chi connectivity index (χ1) is 15.0. The van der Waals surface area contributed by atoms with E-state index in [4.69, 9.17) is 4.74 Å². The number of ether oxygens (including phenoxy) is 1. The molecule has 4 rings (SSSR count). The molecule has 0 saturated heterocycles. The first-order valence-electron chi connectivity index (χ1n) is 10.4. The lowest BCUT2D eigenvalue weighted by Crippen LogP contribution is -2.30. The van der Waals surface area contributed by atoms with Crippen LogP contribution in [0.5, 0.6) is 0 Å². The van der Waals surface area contributed by atoms with Crippen LogP contribution >= 0.6 is 11.3 Å². The van der Waals surface area contributed by atoms with Gasteiger partial charge in [-0.25, -0.2) is 9.48 Å². The number of aromatic nitrogens is 3. The van der Waals surface area contributed by atoms with Crippen molar-refractivity contribution in [1.82, 2.24) is 15.0 Å². The zero-order chi connectivity index (χ0) is 22.0. The summed E-state index contributed by atoms with van der Waals surface area (Å²) in [6.07, 6.45) is 3.57. The number of anilines is 1. The van der Waals surface area contributed by atoms with Gasteiger partial charge in [0.1, 0.15) is 6.54 Å². The second kappa shape index (κ2) is 8.97. The first kappa shape index (κ1) is 21.2. The Morgan fingerprint density at radius 1 is 1.35 bits per heavy atom. The number of aryl methyl sites for hydroxylation is 1. The number of fused-ring (bicyclic) bond motifs is 3. The number of nitrogens with one attached hydrogen (secondary N) is 1. The maximum Gasteiger partial charge on any atom is 0.338 e. The van der Waals surface area contributed by atoms with Crippen molar-refractivity contribution in [1.29, 1.82) is 0 Å². The number of thiophene rings is 1. The van der Waals surface area contributed by atoms with E-state index in [-0.39, 0.29) is 12.1 Å². The summed E-state index contributed by atoms with van der Waals surface area (Å²) < 4.78 is 6.22. The summed E-state index contributed by atoms with van der Waals surface area (Å²) in [5.41, 5.74) is 1.57. The number of carbonyl (C=O) groups is 2. The highest BCUT2D eigenvalue weighted by Gasteiger charge is 2.24. The molecule has 9 heteroatoms. The van der Waals surface area contributed by atoms with Gasteiger partial charge in [-0.15, -0.1) is 16.4 Å². The van der Waals surface area contributed by atoms with Crippen molar-refractivity contribution in [3.8, 4) is 0 Å². The molecule has 1 amide bonds. The molecule has 1 aliphatic rings. The van der Waals surface area contributed by atoms with Crippen LogP contribution in [0.4, 0.5) is 5.69 Å². The summed E-state index contributed by atoms with van der Waals surface area (Å²) in [6.45, 7) is 4.21. The molecule has 0 spiro atoms. The highest BCUT2D eigenvalue weighted by Crippen LogP contribution is 2.35. The Balaban J connectivity index is 1.51. The molecule has 162 valence electrons. The van der Waals surface area contributed by atoms with Gasteiger partial charge in [0.25, 0.3) is 5.56 Å². The second-order valence-electron chi connectivity index (χ2n) is 7.85. The second-order valence-corrected chi connectivity index (χ2v) is 8.93. The molecule has 0 radical (unpaired) electrons. The molecular weight excluding hydrogens is 416 g/mol. The van der Waals surface area contributed by atoms with Gasteiger partial charge in [-0.05, 0) is 55.4 Å². The van der Waals surface area contributed by atoms with Gasteiger partial charge < -0.3 is 10.1 Å². The number of hydrogen-bond acceptors (Lipinski definition) is 7. The van der Waals surface area contributed by atoms with Gasteiger partial charge in [0, 0.05) is 10.6 Å². The maximum atomic E-state index is 13.0. The third-order valence-electron chi connectivity index (χ3n) is 5.30. The molecule has 3 aromatic rings. The van der Waals surface area contributed by atoms with Crippen molar-refractivity contribution < 1.29 is 14.3 Å². The van der Waals surface area contributed by atoms with E-state index in [1.165, 1.54) is 16.2 Å². The highest BCUT2D eigenvalue weighted by molar-refractivity contribution is 7.18. The first-order valence-corrected chi connectivity index (χ1v) is 11.2. The van der Waals surface area contributed by atoms with Crippen LogP contribution in [0.1, 0.15) is 47.5 Å². The predicted molar refractivity (Wildman–Crippen MR) is 119 cm³/mol. The fraction of sp³-hybridized carbons (Fsp3) is 0.409. The van der Waals surface area contributed by atoms with Gasteiger partial charge in [-0.2, -0.15) is 0 Å². The Kier molecular flexibility index (Phi) is 6.13. The van der Waals surface area contributed by atoms with Crippen molar-refractivity contribution in [2.24, 2.45) is 5.92 Å². The third kappa shape index (κ3) is 4.51. The van der Waals surface area contributed by atoms with Crippen LogP contribution in [0, 0.1) is 5.92 Å². The Labute approximate surface area is 183 Å². The third-order valence-corrected chi connectivity index (χ3v) is 6.44. The number of rotatable bonds is 6. The van der Waals surface area contributed by atoms with Gasteiger partial charge >= 0.3 is 5.97 Å². The van der Waals surface area contributed by atoms with Crippen LogP contribution in [0.25, 0.3) is 10.2 Å². The Hall–Kier alpha value is -3.07. The number of benzene rings is 1. The van der Waals surface area contributed by atoms with E-state index in [9.17, 15) is 14.4 Å². The Morgan fingerprint density at radius 3 is 3.00 bits per heavy atom. The molecule has 2 aromatic heterocycles. The van der Waals surface area contributed by atoms with E-state index in [1.807, 2.05) is 6.92 Å². The summed E-state index contributed by atoms with van der Waals surface area (Å²) >= 11 is 1.53. The van der Waals surface area contributed by atoms with Crippen molar-refractivity contribution in [3.63, 3.8) is 0 Å². The Morgan fingerprint density at radius 2 is 2.19 bits per heavy atom. The zero-order valence-electron chi connectivity index (χ0n) is 17.5. The lowest BCUT2D eigenvalue weighted by Gasteiger charge is -2.17. The number of hydrogen-bond donors (Lipinski definition) is 1. The molecule has 31 heavy (non-hydrogen) atoms. The van der Waals surface area contributed by atoms with Gasteiger partial charge in [0.05, 0.1) is 17.6 Å². The molecule has 0 saturated carbocycles. The molecule has 0 fully saturated rings. The van der Waals surface area contributed by atoms with Crippen LogP contribution in [-0.4, -0.2) is 33.5 Å². The van der Waals surface area contributed by atoms with Crippen molar-refractivity contribution >= 4 is 39.1 Å². The predicted octanol–water partition coefficient (Wildman–Crippen LogP) is 3.18. The van der Waals surface area contributed by atoms with Crippen LogP contribution in [0.2, 0.25) is 0 Å². The zero-order valence-corrected chi connectivity index (χ0v) is 18.3. The number of amides is 1. The van der Waals surface area contributed by atoms with E-state index in [0.717, 1.165) is 35.9 Å². The van der Waals surface area contributed by atoms with E-state index >= 15 is 0 Å². The van der Waals surface area contributed by atoms with Gasteiger partial charge in [-0.1, -0.05) is 25.1 Å². The van der Waals surface area contributed by atoms with Crippen LogP contribution in [0.3, 0.4) is 0 Å². The van der Waals surface area contributed by atoms with E-state index in [0.29, 0.717) is 34.0 Å². The van der Waals surface area contributed by atoms with E-state index in [1.54, 1.807) is 24.3 Å². The monoisotopic (exact) mass is 440 g/mol. The maximum absolute atomic E-state index is 13.0. The van der Waals surface area contributed by atoms with Crippen molar-refractivity contribution in [3.05, 3.63) is 50.6 Å². The van der Waals surface area contributed by atoms with E-state index in [2.05, 4.69) is 22.6 Å². The molecule has 0 bridgehead atoms. The molecule has 1 aliphatic carbocycles. The molecule has 1 atom stereocenters. The summed E-state index contributed by atoms with van der Waals surface area (Å²) in [5, 5.41) is 11.4. The molecule has 0 aliphatic heterocycles. The summed E-state index contributed by atoms with van der Waals surface area (Å²) in [4.78, 5) is 39.4. The summed E-state index contributed by atoms with van der Waals surface area (Å²) in [7, 11) is 0. The SMILES string of the molecule is CCCOC(=O)c1cccc(NC(=O)Cn2nnc3sc4c(c3c2=O)CC[C@H](C)C4)c1. The minimum Gasteiger partial charge on any atom is -0.462 e. The largest absolute Gasteiger partial charge is 0.462 e. The number of carbonyl (C=O) groups excluding carboxylic acids is 2. The number of nitrogens with zero attached hydrogens (tertiary/aromatic N) is 3. The molecular formula is C22H24N4O4S. The topological polar surface area (TPSA) is 103 Å². The summed E-state index contributed by atoms with van der Waals surface area (Å²) in [5.74, 6) is -0.272. The quantitative estimate of drug-likeness (QED) is 0.591. The minimum absolute atomic E-state index is 0.257. The highest BCUT2D eigenvalue weighted by atomic mass is 32.1. The lowest BCUT2D eigenvalue weighted by atomic mass is 9.89. The fourth-order valence-electron chi connectivity index (χ4n) is 3.73. The van der Waals surface area contributed by atoms with Crippen LogP contribution in [0.15, 0.2) is 29.1 Å². The van der Waals surface area contributed by atoms with Crippen LogP contribution < -0.4 is 10.9 Å². The van der Waals surface area contributed by atoms with E-state index < -0.39 is 11.9 Å². The molecule has 0 unspecified atom stereocenters. The minimum atomic E-state index is -0.443. The molecule has 1 N–H and O–H groups in total. The molecule has 2 heterocycles. The van der Waals surface area contributed by atoms with Crippen molar-refractivity contribution in [2.75, 3.05) is 11.9 Å². The standard InChI is InChI=1S/C22H24N4O4S/c1-3-9-30-22(29)14-5-4-6-15(11-14)23-18(27)12-26-21(28)19-16-8-7-13(2)10-17(16)31-20(19)24-25-26/h4-6,11,13H,3,7-10,12H2,1-2H3,(H,23,27)/t13-/m0/s1. The van der Waals surface area contributed by atoms with Crippen molar-refractivity contribution in [2.45, 2.75) is 46.1 Å². The lowest BCUT2D eigenvalue weighted by molar-refractivity contribution is -0.117. The van der Waals surface area contributed by atoms with Gasteiger partial charge in [0.15, 0.2) is 4.83 Å². The summed E-state index contributed by atoms with van der Waals surface area (Å²) in [6, 6.07) is 6.50. The molecule has 8 nitrogen and oxygen atoms in total.